The van der Waals surface area contributed by atoms with E-state index in [0.29, 0.717) is 5.69 Å². The summed E-state index contributed by atoms with van der Waals surface area (Å²) in [5.41, 5.74) is 1.90. The zero-order chi connectivity index (χ0) is 16.2. The molecule has 0 saturated carbocycles. The number of aryl methyl sites for hydroxylation is 1. The summed E-state index contributed by atoms with van der Waals surface area (Å²) in [5.74, 6) is -0.746. The molecular formula is C16H15N5O2. The lowest BCUT2D eigenvalue weighted by atomic mass is 10.2. The number of hydrogen-bond donors (Lipinski definition) is 2. The molecule has 7 nitrogen and oxygen atoms in total. The minimum Gasteiger partial charge on any atom is -0.350 e. The Labute approximate surface area is 132 Å². The van der Waals surface area contributed by atoms with Gasteiger partial charge in [0.25, 0.3) is 5.91 Å². The minimum atomic E-state index is -0.439. The third-order valence-electron chi connectivity index (χ3n) is 3.41. The Morgan fingerprint density at radius 3 is 2.87 bits per heavy atom. The zero-order valence-corrected chi connectivity index (χ0v) is 12.5. The van der Waals surface area contributed by atoms with E-state index in [1.807, 2.05) is 42.1 Å². The highest BCUT2D eigenvalue weighted by Crippen LogP contribution is 2.23. The van der Waals surface area contributed by atoms with Crippen LogP contribution >= 0.6 is 0 Å². The van der Waals surface area contributed by atoms with Gasteiger partial charge in [-0.15, -0.1) is 0 Å². The quantitative estimate of drug-likeness (QED) is 0.761. The molecule has 0 fully saturated rings. The zero-order valence-electron chi connectivity index (χ0n) is 12.5. The first-order valence-electron chi connectivity index (χ1n) is 7.03. The van der Waals surface area contributed by atoms with Gasteiger partial charge >= 0.3 is 0 Å². The number of nitrogens with one attached hydrogen (secondary N) is 2. The van der Waals surface area contributed by atoms with Gasteiger partial charge in [0.05, 0.1) is 18.4 Å². The first-order valence-corrected chi connectivity index (χ1v) is 7.03. The molecule has 3 rings (SSSR count). The first kappa shape index (κ1) is 14.7. The van der Waals surface area contributed by atoms with Crippen LogP contribution in [0, 0.1) is 0 Å². The molecule has 2 amide bonds. The second kappa shape index (κ2) is 6.27. The fourth-order valence-electron chi connectivity index (χ4n) is 2.27. The van der Waals surface area contributed by atoms with E-state index < -0.39 is 5.91 Å². The number of anilines is 1. The molecule has 2 N–H and O–H groups in total. The number of carbonyl (C=O) groups excluding carboxylic acids is 2. The van der Waals surface area contributed by atoms with E-state index in [2.05, 4.69) is 20.6 Å². The maximum Gasteiger partial charge on any atom is 0.271 e. The normalized spacial score (nSPS) is 10.5. The maximum atomic E-state index is 12.0. The number of carbonyl (C=O) groups is 2. The molecule has 2 heterocycles. The molecule has 23 heavy (non-hydrogen) atoms. The smallest absolute Gasteiger partial charge is 0.271 e. The molecule has 0 unspecified atom stereocenters. The lowest BCUT2D eigenvalue weighted by Crippen LogP contribution is -2.33. The van der Waals surface area contributed by atoms with Crippen LogP contribution in [0.3, 0.4) is 0 Å². The maximum absolute atomic E-state index is 12.0. The van der Waals surface area contributed by atoms with Crippen molar-refractivity contribution >= 4 is 28.4 Å². The molecule has 3 aromatic rings. The average molecular weight is 309 g/mol. The van der Waals surface area contributed by atoms with Crippen molar-refractivity contribution in [2.45, 2.75) is 0 Å². The number of hydrogen-bond acceptors (Lipinski definition) is 4. The van der Waals surface area contributed by atoms with E-state index in [4.69, 9.17) is 0 Å². The van der Waals surface area contributed by atoms with Gasteiger partial charge in [-0.3, -0.25) is 14.6 Å². The van der Waals surface area contributed by atoms with Crippen LogP contribution in [-0.4, -0.2) is 32.9 Å². The fourth-order valence-corrected chi connectivity index (χ4v) is 2.27. The highest BCUT2D eigenvalue weighted by molar-refractivity contribution is 6.03. The summed E-state index contributed by atoms with van der Waals surface area (Å²) in [6.07, 6.45) is 6.17. The van der Waals surface area contributed by atoms with Gasteiger partial charge in [-0.2, -0.15) is 0 Å². The van der Waals surface area contributed by atoms with E-state index in [9.17, 15) is 9.59 Å². The summed E-state index contributed by atoms with van der Waals surface area (Å²) < 4.78 is 1.97. The summed E-state index contributed by atoms with van der Waals surface area (Å²) in [7, 11) is 1.94. The lowest BCUT2D eigenvalue weighted by molar-refractivity contribution is -0.115. The number of rotatable bonds is 4. The Hall–Kier alpha value is -3.22. The summed E-state index contributed by atoms with van der Waals surface area (Å²) in [6, 6.07) is 7.60. The second-order valence-corrected chi connectivity index (χ2v) is 4.99. The van der Waals surface area contributed by atoms with E-state index in [-0.39, 0.29) is 18.1 Å². The topological polar surface area (TPSA) is 88.9 Å². The van der Waals surface area contributed by atoms with Gasteiger partial charge in [0.2, 0.25) is 5.91 Å². The molecule has 0 aliphatic rings. The molecule has 116 valence electrons. The van der Waals surface area contributed by atoms with Crippen LogP contribution in [0.1, 0.15) is 10.5 Å². The molecule has 0 aliphatic carbocycles. The monoisotopic (exact) mass is 309 g/mol. The first-order chi connectivity index (χ1) is 11.1. The number of fused-ring (bicyclic) bond motifs is 1. The molecule has 2 aromatic heterocycles. The number of aromatic nitrogens is 3. The van der Waals surface area contributed by atoms with E-state index in [0.717, 1.165) is 10.9 Å². The van der Waals surface area contributed by atoms with Crippen LogP contribution in [0.5, 0.6) is 0 Å². The largest absolute Gasteiger partial charge is 0.350 e. The third-order valence-corrected chi connectivity index (χ3v) is 3.41. The number of benzene rings is 1. The van der Waals surface area contributed by atoms with Crippen LogP contribution < -0.4 is 10.6 Å². The van der Waals surface area contributed by atoms with Crippen LogP contribution in [0.15, 0.2) is 49.1 Å². The van der Waals surface area contributed by atoms with Gasteiger partial charge in [0.1, 0.15) is 5.69 Å². The summed E-state index contributed by atoms with van der Waals surface area (Å²) in [5, 5.41) is 6.26. The van der Waals surface area contributed by atoms with Gasteiger partial charge in [0, 0.05) is 36.5 Å². The van der Waals surface area contributed by atoms with Crippen molar-refractivity contribution in [1.29, 1.82) is 0 Å². The van der Waals surface area contributed by atoms with Gasteiger partial charge in [0.15, 0.2) is 0 Å². The van der Waals surface area contributed by atoms with Gasteiger partial charge < -0.3 is 15.2 Å². The van der Waals surface area contributed by atoms with Crippen LogP contribution in [-0.2, 0) is 11.8 Å². The SMILES string of the molecule is Cn1ccc2c(NC(=O)CNC(=O)c3cnccn3)cccc21. The molecule has 0 spiro atoms. The van der Waals surface area contributed by atoms with Crippen molar-refractivity contribution in [3.05, 3.63) is 54.7 Å². The summed E-state index contributed by atoms with van der Waals surface area (Å²) >= 11 is 0. The molecule has 0 atom stereocenters. The summed E-state index contributed by atoms with van der Waals surface area (Å²) in [6.45, 7) is -0.140. The van der Waals surface area contributed by atoms with Crippen LogP contribution in [0.4, 0.5) is 5.69 Å². The Bertz CT molecular complexity index is 857. The Morgan fingerprint density at radius 1 is 1.22 bits per heavy atom. The van der Waals surface area contributed by atoms with Gasteiger partial charge in [-0.05, 0) is 18.2 Å². The number of amides is 2. The predicted octanol–water partition coefficient (Wildman–Crippen LogP) is 1.34. The third kappa shape index (κ3) is 3.18. The van der Waals surface area contributed by atoms with Crippen molar-refractivity contribution in [3.8, 4) is 0 Å². The molecule has 7 heteroatoms. The number of nitrogens with zero attached hydrogens (tertiary/aromatic N) is 3. The van der Waals surface area contributed by atoms with E-state index in [1.165, 1.54) is 18.6 Å². The van der Waals surface area contributed by atoms with Crippen molar-refractivity contribution in [1.82, 2.24) is 19.9 Å². The average Bonchev–Trinajstić information content (AvgIpc) is 2.96. The fraction of sp³-hybridized carbons (Fsp3) is 0.125. The van der Waals surface area contributed by atoms with Crippen molar-refractivity contribution < 1.29 is 9.59 Å². The highest BCUT2D eigenvalue weighted by atomic mass is 16.2. The minimum absolute atomic E-state index is 0.140. The van der Waals surface area contributed by atoms with E-state index >= 15 is 0 Å². The molecule has 0 saturated heterocycles. The predicted molar refractivity (Wildman–Crippen MR) is 85.9 cm³/mol. The Balaban J connectivity index is 1.64. The summed E-state index contributed by atoms with van der Waals surface area (Å²) in [4.78, 5) is 31.5. The Kier molecular flexibility index (Phi) is 4.01. The molecule has 0 bridgehead atoms. The van der Waals surface area contributed by atoms with Crippen LogP contribution in [0.2, 0.25) is 0 Å². The van der Waals surface area contributed by atoms with Crippen molar-refractivity contribution in [3.63, 3.8) is 0 Å². The van der Waals surface area contributed by atoms with Crippen LogP contribution in [0.25, 0.3) is 10.9 Å². The highest BCUT2D eigenvalue weighted by Gasteiger charge is 2.11. The Morgan fingerprint density at radius 2 is 2.09 bits per heavy atom. The van der Waals surface area contributed by atoms with Crippen molar-refractivity contribution in [2.24, 2.45) is 7.05 Å². The lowest BCUT2D eigenvalue weighted by Gasteiger charge is -2.08. The molecular weight excluding hydrogens is 294 g/mol. The molecule has 0 aliphatic heterocycles. The molecule has 1 aromatic carbocycles. The molecule has 0 radical (unpaired) electrons. The standard InChI is InChI=1S/C16H15N5O2/c1-21-8-5-11-12(3-2-4-14(11)21)20-15(22)10-19-16(23)13-9-17-6-7-18-13/h2-9H,10H2,1H3,(H,19,23)(H,20,22). The van der Waals surface area contributed by atoms with Crippen molar-refractivity contribution in [2.75, 3.05) is 11.9 Å². The second-order valence-electron chi connectivity index (χ2n) is 4.99. The van der Waals surface area contributed by atoms with Gasteiger partial charge in [-0.1, -0.05) is 6.07 Å². The van der Waals surface area contributed by atoms with E-state index in [1.54, 1.807) is 0 Å². The van der Waals surface area contributed by atoms with Gasteiger partial charge in [-0.25, -0.2) is 4.98 Å².